The van der Waals surface area contributed by atoms with Gasteiger partial charge >= 0.3 is 0 Å². The molecule has 0 saturated carbocycles. The molecule has 3 heterocycles. The number of hydrogen-bond acceptors (Lipinski definition) is 5. The van der Waals surface area contributed by atoms with E-state index in [1.54, 1.807) is 29.1 Å². The van der Waals surface area contributed by atoms with Gasteiger partial charge in [-0.2, -0.15) is 5.26 Å². The SMILES string of the molecule is Cc1cc2c(cc1-c1cccn3c(C(=O)c4ccc(NC(=O)/C=C/CN)c(C#N)c4)cc(Cl)c13)ncn2C. The molecule has 0 spiro atoms. The second-order valence-electron chi connectivity index (χ2n) is 8.86. The summed E-state index contributed by atoms with van der Waals surface area (Å²) in [7, 11) is 1.95. The van der Waals surface area contributed by atoms with Gasteiger partial charge in [0.05, 0.1) is 44.8 Å². The van der Waals surface area contributed by atoms with Gasteiger partial charge in [0.1, 0.15) is 6.07 Å². The Kier molecular flexibility index (Phi) is 6.55. The number of nitriles is 1. The summed E-state index contributed by atoms with van der Waals surface area (Å²) in [5.74, 6) is -0.722. The first kappa shape index (κ1) is 25.0. The van der Waals surface area contributed by atoms with Crippen LogP contribution in [0, 0.1) is 18.3 Å². The molecule has 0 aliphatic heterocycles. The van der Waals surface area contributed by atoms with E-state index >= 15 is 0 Å². The standard InChI is InChI=1S/C29H23ClN6O2/c1-17-11-25-24(33-16-35(25)2)13-21(17)20-5-4-10-36-26(14-22(30)28(20)36)29(38)18-7-8-23(19(12-18)15-32)34-27(37)6-3-9-31/h3-8,10-14,16H,9,31H2,1-2H3,(H,34,37)/b6-3+. The molecule has 2 aromatic carbocycles. The number of nitrogens with one attached hydrogen (secondary N) is 1. The third-order valence-corrected chi connectivity index (χ3v) is 6.69. The van der Waals surface area contributed by atoms with Crippen LogP contribution in [0.2, 0.25) is 5.02 Å². The van der Waals surface area contributed by atoms with Gasteiger partial charge in [-0.05, 0) is 60.5 Å². The number of nitrogens with zero attached hydrogens (tertiary/aromatic N) is 4. The molecule has 8 nitrogen and oxygen atoms in total. The van der Waals surface area contributed by atoms with E-state index in [9.17, 15) is 14.9 Å². The topological polar surface area (TPSA) is 118 Å². The van der Waals surface area contributed by atoms with Gasteiger partial charge in [0.25, 0.3) is 0 Å². The van der Waals surface area contributed by atoms with E-state index in [0.29, 0.717) is 27.5 Å². The van der Waals surface area contributed by atoms with Crippen molar-refractivity contribution in [1.29, 1.82) is 5.26 Å². The van der Waals surface area contributed by atoms with E-state index in [1.165, 1.54) is 24.3 Å². The third kappa shape index (κ3) is 4.34. The van der Waals surface area contributed by atoms with Crippen molar-refractivity contribution in [2.75, 3.05) is 11.9 Å². The number of imidazole rings is 1. The molecule has 0 saturated heterocycles. The summed E-state index contributed by atoms with van der Waals surface area (Å²) in [6.07, 6.45) is 6.36. The number of benzene rings is 2. The lowest BCUT2D eigenvalue weighted by atomic mass is 9.99. The van der Waals surface area contributed by atoms with Crippen LogP contribution in [0.1, 0.15) is 27.2 Å². The minimum atomic E-state index is -0.415. The average molecular weight is 523 g/mol. The first-order valence-electron chi connectivity index (χ1n) is 11.8. The van der Waals surface area contributed by atoms with Crippen molar-refractivity contribution < 1.29 is 9.59 Å². The number of carbonyl (C=O) groups excluding carboxylic acids is 2. The number of hydrogen-bond donors (Lipinski definition) is 2. The first-order chi connectivity index (χ1) is 18.3. The molecule has 0 bridgehead atoms. The lowest BCUT2D eigenvalue weighted by molar-refractivity contribution is -0.111. The van der Waals surface area contributed by atoms with Crippen molar-refractivity contribution in [3.63, 3.8) is 0 Å². The van der Waals surface area contributed by atoms with E-state index < -0.39 is 5.91 Å². The molecule has 38 heavy (non-hydrogen) atoms. The minimum Gasteiger partial charge on any atom is -0.334 e. The van der Waals surface area contributed by atoms with Crippen LogP contribution in [0.5, 0.6) is 0 Å². The molecular formula is C29H23ClN6O2. The van der Waals surface area contributed by atoms with Crippen molar-refractivity contribution in [3.05, 3.63) is 101 Å². The Morgan fingerprint density at radius 3 is 2.76 bits per heavy atom. The molecule has 0 fully saturated rings. The highest BCUT2D eigenvalue weighted by molar-refractivity contribution is 6.35. The highest BCUT2D eigenvalue weighted by Gasteiger charge is 2.21. The molecule has 0 aliphatic rings. The molecule has 3 aromatic heterocycles. The van der Waals surface area contributed by atoms with Crippen LogP contribution in [0.4, 0.5) is 5.69 Å². The number of halogens is 1. The Morgan fingerprint density at radius 2 is 2.00 bits per heavy atom. The van der Waals surface area contributed by atoms with E-state index in [2.05, 4.69) is 16.4 Å². The fraction of sp³-hybridized carbons (Fsp3) is 0.103. The van der Waals surface area contributed by atoms with E-state index in [1.807, 2.05) is 42.8 Å². The zero-order valence-corrected chi connectivity index (χ0v) is 21.5. The third-order valence-electron chi connectivity index (χ3n) is 6.40. The lowest BCUT2D eigenvalue weighted by Gasteiger charge is -2.11. The highest BCUT2D eigenvalue weighted by Crippen LogP contribution is 2.36. The van der Waals surface area contributed by atoms with E-state index in [4.69, 9.17) is 17.3 Å². The first-order valence-corrected chi connectivity index (χ1v) is 12.2. The molecule has 0 unspecified atom stereocenters. The number of nitrogens with two attached hydrogens (primary N) is 1. The molecule has 3 N–H and O–H groups in total. The molecular weight excluding hydrogens is 500 g/mol. The fourth-order valence-corrected chi connectivity index (χ4v) is 4.85. The van der Waals surface area contributed by atoms with Crippen LogP contribution >= 0.6 is 11.6 Å². The van der Waals surface area contributed by atoms with Crippen molar-refractivity contribution >= 4 is 45.5 Å². The van der Waals surface area contributed by atoms with E-state index in [-0.39, 0.29) is 17.9 Å². The highest BCUT2D eigenvalue weighted by atomic mass is 35.5. The molecule has 9 heteroatoms. The Morgan fingerprint density at radius 1 is 1.18 bits per heavy atom. The maximum atomic E-state index is 13.6. The molecule has 5 rings (SSSR count). The van der Waals surface area contributed by atoms with Crippen LogP contribution in [0.15, 0.2) is 73.2 Å². The molecule has 188 valence electrons. The minimum absolute atomic E-state index is 0.164. The van der Waals surface area contributed by atoms with Gasteiger partial charge in [-0.3, -0.25) is 9.59 Å². The summed E-state index contributed by atoms with van der Waals surface area (Å²) >= 11 is 6.71. The number of aryl methyl sites for hydroxylation is 2. The number of amides is 1. The van der Waals surface area contributed by atoms with Gasteiger partial charge in [0, 0.05) is 37.0 Å². The van der Waals surface area contributed by atoms with Crippen molar-refractivity contribution in [1.82, 2.24) is 14.0 Å². The Labute approximate surface area is 223 Å². The van der Waals surface area contributed by atoms with Crippen LogP contribution in [-0.2, 0) is 11.8 Å². The van der Waals surface area contributed by atoms with Gasteiger partial charge < -0.3 is 20.0 Å². The quantitative estimate of drug-likeness (QED) is 0.240. The summed E-state index contributed by atoms with van der Waals surface area (Å²) in [6, 6.07) is 16.2. The van der Waals surface area contributed by atoms with Gasteiger partial charge in [0.2, 0.25) is 11.7 Å². The monoisotopic (exact) mass is 522 g/mol. The zero-order chi connectivity index (χ0) is 27.0. The van der Waals surface area contributed by atoms with Crippen LogP contribution in [0.3, 0.4) is 0 Å². The predicted octanol–water partition coefficient (Wildman–Crippen LogP) is 5.01. The number of ketones is 1. The maximum absolute atomic E-state index is 13.6. The van der Waals surface area contributed by atoms with E-state index in [0.717, 1.165) is 27.7 Å². The molecule has 1 amide bonds. The Bertz CT molecular complexity index is 1820. The van der Waals surface area contributed by atoms with Crippen molar-refractivity contribution in [3.8, 4) is 17.2 Å². The lowest BCUT2D eigenvalue weighted by Crippen LogP contribution is -2.11. The second-order valence-corrected chi connectivity index (χ2v) is 9.27. The maximum Gasteiger partial charge on any atom is 0.248 e. The average Bonchev–Trinajstić information content (AvgIpc) is 3.45. The second kappa shape index (κ2) is 9.98. The smallest absolute Gasteiger partial charge is 0.248 e. The van der Waals surface area contributed by atoms with Gasteiger partial charge in [0.15, 0.2) is 0 Å². The number of carbonyl (C=O) groups is 2. The summed E-state index contributed by atoms with van der Waals surface area (Å²) in [4.78, 5) is 30.1. The van der Waals surface area contributed by atoms with Gasteiger partial charge in [-0.15, -0.1) is 0 Å². The largest absolute Gasteiger partial charge is 0.334 e. The normalized spacial score (nSPS) is 11.3. The van der Waals surface area contributed by atoms with Crippen LogP contribution in [-0.4, -0.2) is 32.2 Å². The van der Waals surface area contributed by atoms with Gasteiger partial charge in [-0.1, -0.05) is 23.7 Å². The number of pyridine rings is 1. The molecule has 0 atom stereocenters. The molecule has 5 aromatic rings. The van der Waals surface area contributed by atoms with Gasteiger partial charge in [-0.25, -0.2) is 4.98 Å². The summed E-state index contributed by atoms with van der Waals surface area (Å²) in [5, 5.41) is 12.7. The van der Waals surface area contributed by atoms with Crippen molar-refractivity contribution in [2.24, 2.45) is 12.8 Å². The fourth-order valence-electron chi connectivity index (χ4n) is 4.56. The number of anilines is 1. The van der Waals surface area contributed by atoms with Crippen molar-refractivity contribution in [2.45, 2.75) is 6.92 Å². The Hall–Kier alpha value is -4.71. The van der Waals surface area contributed by atoms with Crippen LogP contribution in [0.25, 0.3) is 27.7 Å². The summed E-state index contributed by atoms with van der Waals surface area (Å²) in [6.45, 7) is 2.25. The number of aromatic nitrogens is 3. The summed E-state index contributed by atoms with van der Waals surface area (Å²) < 4.78 is 3.73. The molecule has 0 aliphatic carbocycles. The zero-order valence-electron chi connectivity index (χ0n) is 20.7. The predicted molar refractivity (Wildman–Crippen MR) is 148 cm³/mol. The molecule has 0 radical (unpaired) electrons. The van der Waals surface area contributed by atoms with Crippen LogP contribution < -0.4 is 11.1 Å². The summed E-state index contributed by atoms with van der Waals surface area (Å²) in [5.41, 5.74) is 12.0. The Balaban J connectivity index is 1.56. The number of fused-ring (bicyclic) bond motifs is 2. The number of rotatable bonds is 6.